The fourth-order valence-corrected chi connectivity index (χ4v) is 1.91. The molecule has 14 heavy (non-hydrogen) atoms. The summed E-state index contributed by atoms with van der Waals surface area (Å²) in [5.41, 5.74) is 7.71. The van der Waals surface area contributed by atoms with E-state index in [0.717, 1.165) is 18.8 Å². The van der Waals surface area contributed by atoms with Crippen LogP contribution in [-0.4, -0.2) is 20.2 Å². The van der Waals surface area contributed by atoms with Gasteiger partial charge in [0.15, 0.2) is 0 Å². The molecule has 0 saturated carbocycles. The molecule has 1 fully saturated rings. The van der Waals surface area contributed by atoms with E-state index in [1.165, 1.54) is 5.56 Å². The summed E-state index contributed by atoms with van der Waals surface area (Å²) in [6, 6.07) is 8.20. The lowest BCUT2D eigenvalue weighted by Gasteiger charge is -2.24. The molecule has 1 heterocycles. The normalized spacial score (nSPS) is 19.6. The second-order valence-electron chi connectivity index (χ2n) is 3.97. The quantitative estimate of drug-likeness (QED) is 0.735. The van der Waals surface area contributed by atoms with Crippen LogP contribution in [0.2, 0.25) is 0 Å². The Hall–Kier alpha value is -1.06. The van der Waals surface area contributed by atoms with E-state index in [1.807, 2.05) is 12.1 Å². The summed E-state index contributed by atoms with van der Waals surface area (Å²) in [6.45, 7) is 4.11. The summed E-state index contributed by atoms with van der Waals surface area (Å²) in [6.07, 6.45) is 0. The van der Waals surface area contributed by atoms with Crippen LogP contribution in [0.4, 0.5) is 0 Å². The summed E-state index contributed by atoms with van der Waals surface area (Å²) in [4.78, 5) is 0. The van der Waals surface area contributed by atoms with Gasteiger partial charge in [0, 0.05) is 24.1 Å². The zero-order valence-electron chi connectivity index (χ0n) is 8.63. The maximum absolute atomic E-state index is 5.37. The molecule has 0 aromatic heterocycles. The van der Waals surface area contributed by atoms with Crippen molar-refractivity contribution in [1.82, 2.24) is 10.9 Å². The second-order valence-corrected chi connectivity index (χ2v) is 3.97. The van der Waals surface area contributed by atoms with Crippen molar-refractivity contribution in [2.75, 3.05) is 20.2 Å². The molecule has 0 radical (unpaired) electrons. The Morgan fingerprint density at radius 2 is 1.86 bits per heavy atom. The molecule has 0 aliphatic carbocycles. The zero-order valence-corrected chi connectivity index (χ0v) is 8.63. The molecule has 2 N–H and O–H groups in total. The first-order chi connectivity index (χ1) is 6.76. The van der Waals surface area contributed by atoms with E-state index in [4.69, 9.17) is 4.74 Å². The van der Waals surface area contributed by atoms with Crippen molar-refractivity contribution in [2.24, 2.45) is 0 Å². The summed E-state index contributed by atoms with van der Waals surface area (Å²) in [7, 11) is 1.72. The minimum absolute atomic E-state index is 0.132. The third-order valence-corrected chi connectivity index (χ3v) is 2.84. The van der Waals surface area contributed by atoms with E-state index >= 15 is 0 Å². The van der Waals surface area contributed by atoms with Crippen LogP contribution in [-0.2, 0) is 5.41 Å². The van der Waals surface area contributed by atoms with Crippen molar-refractivity contribution < 1.29 is 4.74 Å². The maximum Gasteiger partial charge on any atom is 0.122 e. The van der Waals surface area contributed by atoms with Gasteiger partial charge in [0.05, 0.1) is 7.11 Å². The molecular weight excluding hydrogens is 176 g/mol. The SMILES string of the molecule is COc1ccccc1C1(C)CNNC1. The Bertz CT molecular complexity index is 319. The van der Waals surface area contributed by atoms with Gasteiger partial charge < -0.3 is 4.74 Å². The van der Waals surface area contributed by atoms with Crippen molar-refractivity contribution in [1.29, 1.82) is 0 Å². The molecule has 1 aromatic carbocycles. The van der Waals surface area contributed by atoms with Gasteiger partial charge in [-0.25, -0.2) is 0 Å². The van der Waals surface area contributed by atoms with E-state index in [9.17, 15) is 0 Å². The predicted octanol–water partition coefficient (Wildman–Crippen LogP) is 1.06. The van der Waals surface area contributed by atoms with Crippen molar-refractivity contribution in [2.45, 2.75) is 12.3 Å². The summed E-state index contributed by atoms with van der Waals surface area (Å²) in [5.74, 6) is 0.973. The minimum Gasteiger partial charge on any atom is -0.496 e. The largest absolute Gasteiger partial charge is 0.496 e. The van der Waals surface area contributed by atoms with Gasteiger partial charge in [0.1, 0.15) is 5.75 Å². The molecule has 0 amide bonds. The third kappa shape index (κ3) is 1.49. The van der Waals surface area contributed by atoms with Crippen molar-refractivity contribution in [3.05, 3.63) is 29.8 Å². The molecule has 3 heteroatoms. The van der Waals surface area contributed by atoms with E-state index in [0.29, 0.717) is 0 Å². The van der Waals surface area contributed by atoms with Crippen LogP contribution in [0.3, 0.4) is 0 Å². The molecule has 1 aliphatic heterocycles. The van der Waals surface area contributed by atoms with Gasteiger partial charge in [-0.1, -0.05) is 25.1 Å². The number of hydrogen-bond donors (Lipinski definition) is 2. The van der Waals surface area contributed by atoms with E-state index in [1.54, 1.807) is 7.11 Å². The summed E-state index contributed by atoms with van der Waals surface area (Å²) in [5, 5.41) is 0. The van der Waals surface area contributed by atoms with Crippen LogP contribution in [0.1, 0.15) is 12.5 Å². The minimum atomic E-state index is 0.132. The highest BCUT2D eigenvalue weighted by atomic mass is 16.5. The van der Waals surface area contributed by atoms with Gasteiger partial charge in [-0.3, -0.25) is 10.9 Å². The van der Waals surface area contributed by atoms with Crippen molar-refractivity contribution in [3.8, 4) is 5.75 Å². The molecular formula is C11H16N2O. The maximum atomic E-state index is 5.37. The Morgan fingerprint density at radius 3 is 2.50 bits per heavy atom. The fraction of sp³-hybridized carbons (Fsp3) is 0.455. The molecule has 1 aliphatic rings. The van der Waals surface area contributed by atoms with E-state index in [-0.39, 0.29) is 5.41 Å². The molecule has 0 atom stereocenters. The lowest BCUT2D eigenvalue weighted by molar-refractivity contribution is 0.395. The first-order valence-electron chi connectivity index (χ1n) is 4.85. The summed E-state index contributed by atoms with van der Waals surface area (Å²) < 4.78 is 5.37. The standard InChI is InChI=1S/C11H16N2O/c1-11(7-12-13-8-11)9-5-3-4-6-10(9)14-2/h3-6,12-13H,7-8H2,1-2H3. The molecule has 3 nitrogen and oxygen atoms in total. The van der Waals surface area contributed by atoms with Gasteiger partial charge in [-0.2, -0.15) is 0 Å². The van der Waals surface area contributed by atoms with Crippen LogP contribution in [0.5, 0.6) is 5.75 Å². The van der Waals surface area contributed by atoms with Gasteiger partial charge in [-0.15, -0.1) is 0 Å². The van der Waals surface area contributed by atoms with Crippen LogP contribution in [0, 0.1) is 0 Å². The Balaban J connectivity index is 2.39. The molecule has 1 saturated heterocycles. The number of rotatable bonds is 2. The van der Waals surface area contributed by atoms with Crippen LogP contribution in [0.25, 0.3) is 0 Å². The first kappa shape index (κ1) is 9.49. The van der Waals surface area contributed by atoms with Gasteiger partial charge in [0.25, 0.3) is 0 Å². The Morgan fingerprint density at radius 1 is 1.21 bits per heavy atom. The molecule has 2 rings (SSSR count). The number of nitrogens with one attached hydrogen (secondary N) is 2. The van der Waals surface area contributed by atoms with Gasteiger partial charge in [0.2, 0.25) is 0 Å². The van der Waals surface area contributed by atoms with Crippen molar-refractivity contribution in [3.63, 3.8) is 0 Å². The fourth-order valence-electron chi connectivity index (χ4n) is 1.91. The van der Waals surface area contributed by atoms with E-state index in [2.05, 4.69) is 29.9 Å². The average molecular weight is 192 g/mol. The van der Waals surface area contributed by atoms with E-state index < -0.39 is 0 Å². The number of para-hydroxylation sites is 1. The molecule has 1 aromatic rings. The number of hydrogen-bond acceptors (Lipinski definition) is 3. The van der Waals surface area contributed by atoms with Crippen LogP contribution in [0.15, 0.2) is 24.3 Å². The van der Waals surface area contributed by atoms with Gasteiger partial charge >= 0.3 is 0 Å². The highest BCUT2D eigenvalue weighted by Crippen LogP contribution is 2.32. The molecule has 0 unspecified atom stereocenters. The highest BCUT2D eigenvalue weighted by Gasteiger charge is 2.32. The zero-order chi connectivity index (χ0) is 10.0. The van der Waals surface area contributed by atoms with Crippen molar-refractivity contribution >= 4 is 0 Å². The van der Waals surface area contributed by atoms with Crippen LogP contribution < -0.4 is 15.6 Å². The third-order valence-electron chi connectivity index (χ3n) is 2.84. The average Bonchev–Trinajstić information content (AvgIpc) is 2.66. The lowest BCUT2D eigenvalue weighted by atomic mass is 9.83. The molecule has 0 bridgehead atoms. The molecule has 76 valence electrons. The topological polar surface area (TPSA) is 33.3 Å². The number of hydrazine groups is 1. The Labute approximate surface area is 84.4 Å². The summed E-state index contributed by atoms with van der Waals surface area (Å²) >= 11 is 0. The smallest absolute Gasteiger partial charge is 0.122 e. The first-order valence-corrected chi connectivity index (χ1v) is 4.85. The number of ether oxygens (including phenoxy) is 1. The second kappa shape index (κ2) is 3.59. The number of benzene rings is 1. The Kier molecular flexibility index (Phi) is 2.44. The monoisotopic (exact) mass is 192 g/mol. The lowest BCUT2D eigenvalue weighted by Crippen LogP contribution is -2.28. The predicted molar refractivity (Wildman–Crippen MR) is 56.4 cm³/mol. The van der Waals surface area contributed by atoms with Gasteiger partial charge in [-0.05, 0) is 6.07 Å². The molecule has 0 spiro atoms. The van der Waals surface area contributed by atoms with Crippen LogP contribution >= 0.6 is 0 Å². The number of methoxy groups -OCH3 is 1. The highest BCUT2D eigenvalue weighted by molar-refractivity contribution is 5.40.